The molecule has 0 unspecified atom stereocenters. The number of benzene rings is 1. The molecule has 0 saturated heterocycles. The van der Waals surface area contributed by atoms with Crippen LogP contribution in [0, 0.1) is 0 Å². The Bertz CT molecular complexity index is 466. The van der Waals surface area contributed by atoms with Crippen molar-refractivity contribution in [3.8, 4) is 0 Å². The lowest BCUT2D eigenvalue weighted by Crippen LogP contribution is -2.35. The molecule has 3 N–H and O–H groups in total. The largest absolute Gasteiger partial charge is 0.399 e. The minimum absolute atomic E-state index is 0.235. The minimum Gasteiger partial charge on any atom is -0.399 e. The molecular weight excluding hydrogens is 297 g/mol. The molecule has 0 radical (unpaired) electrons. The molecule has 0 atom stereocenters. The van der Waals surface area contributed by atoms with Crippen LogP contribution in [-0.4, -0.2) is 37.0 Å². The number of hydrogen-bond donors (Lipinski definition) is 2. The Balaban J connectivity index is 2.59. The first kappa shape index (κ1) is 17.1. The number of nitrogens with two attached hydrogens (primary N) is 1. The van der Waals surface area contributed by atoms with E-state index in [-0.39, 0.29) is 16.0 Å². The van der Waals surface area contributed by atoms with E-state index in [1.165, 1.54) is 12.1 Å². The van der Waals surface area contributed by atoms with Crippen molar-refractivity contribution >= 4 is 34.8 Å². The Morgan fingerprint density at radius 2 is 2.00 bits per heavy atom. The normalized spacial score (nSPS) is 10.8. The van der Waals surface area contributed by atoms with E-state index >= 15 is 0 Å². The predicted octanol–water partition coefficient (Wildman–Crippen LogP) is 3.04. The molecule has 0 saturated carbocycles. The average molecular weight is 318 g/mol. The number of carbonyl (C=O) groups excluding carboxylic acids is 1. The quantitative estimate of drug-likeness (QED) is 0.760. The molecule has 0 spiro atoms. The first-order valence-corrected chi connectivity index (χ1v) is 7.50. The van der Waals surface area contributed by atoms with Gasteiger partial charge in [0.2, 0.25) is 0 Å². The van der Waals surface area contributed by atoms with E-state index in [0.717, 1.165) is 26.1 Å². The van der Waals surface area contributed by atoms with Crippen LogP contribution in [0.5, 0.6) is 0 Å². The molecule has 0 bridgehead atoms. The van der Waals surface area contributed by atoms with Crippen molar-refractivity contribution in [2.24, 2.45) is 0 Å². The molecule has 1 rings (SSSR count). The van der Waals surface area contributed by atoms with Crippen LogP contribution in [0.25, 0.3) is 0 Å². The number of nitrogen functional groups attached to an aromatic ring is 1. The molecule has 20 heavy (non-hydrogen) atoms. The summed E-state index contributed by atoms with van der Waals surface area (Å²) in [5.41, 5.74) is 6.41. The van der Waals surface area contributed by atoms with Gasteiger partial charge in [-0.05, 0) is 31.6 Å². The van der Waals surface area contributed by atoms with Crippen LogP contribution < -0.4 is 11.1 Å². The van der Waals surface area contributed by atoms with Gasteiger partial charge in [-0.25, -0.2) is 0 Å². The first-order chi connectivity index (χ1) is 9.49. The van der Waals surface area contributed by atoms with Gasteiger partial charge in [0.25, 0.3) is 5.91 Å². The van der Waals surface area contributed by atoms with Gasteiger partial charge in [0, 0.05) is 18.8 Å². The highest BCUT2D eigenvalue weighted by Gasteiger charge is 2.14. The third-order valence-corrected chi connectivity index (χ3v) is 3.80. The van der Waals surface area contributed by atoms with Crippen LogP contribution in [0.3, 0.4) is 0 Å². The average Bonchev–Trinajstić information content (AvgIpc) is 2.41. The number of rotatable bonds is 7. The topological polar surface area (TPSA) is 58.4 Å². The van der Waals surface area contributed by atoms with E-state index in [2.05, 4.69) is 24.1 Å². The van der Waals surface area contributed by atoms with Gasteiger partial charge in [-0.15, -0.1) is 0 Å². The van der Waals surface area contributed by atoms with Crippen molar-refractivity contribution in [3.63, 3.8) is 0 Å². The van der Waals surface area contributed by atoms with Crippen molar-refractivity contribution in [3.05, 3.63) is 27.7 Å². The van der Waals surface area contributed by atoms with Crippen LogP contribution in [0.15, 0.2) is 12.1 Å². The standard InChI is InChI=1S/C14H21Cl2N3O/c1-3-6-19(4-2)7-5-18-14(20)11-8-10(17)9-12(15)13(11)16/h8-9H,3-7,17H2,1-2H3,(H,18,20). The van der Waals surface area contributed by atoms with Gasteiger partial charge in [0.1, 0.15) is 0 Å². The molecule has 112 valence electrons. The molecule has 0 aliphatic rings. The number of likely N-dealkylation sites (N-methyl/N-ethyl adjacent to an activating group) is 1. The summed E-state index contributed by atoms with van der Waals surface area (Å²) in [6, 6.07) is 3.06. The summed E-state index contributed by atoms with van der Waals surface area (Å²) in [4.78, 5) is 14.3. The van der Waals surface area contributed by atoms with Crippen molar-refractivity contribution in [2.45, 2.75) is 20.3 Å². The lowest BCUT2D eigenvalue weighted by atomic mass is 10.2. The summed E-state index contributed by atoms with van der Waals surface area (Å²) in [6.45, 7) is 7.60. The molecule has 0 aromatic heterocycles. The maximum absolute atomic E-state index is 12.1. The molecule has 0 heterocycles. The van der Waals surface area contributed by atoms with Gasteiger partial charge < -0.3 is 16.0 Å². The van der Waals surface area contributed by atoms with Crippen molar-refractivity contribution < 1.29 is 4.79 Å². The first-order valence-electron chi connectivity index (χ1n) is 6.74. The lowest BCUT2D eigenvalue weighted by molar-refractivity contribution is 0.0949. The van der Waals surface area contributed by atoms with E-state index in [1.54, 1.807) is 0 Å². The molecule has 0 aliphatic carbocycles. The third kappa shape index (κ3) is 4.85. The molecule has 1 aromatic rings. The second kappa shape index (κ2) is 8.35. The van der Waals surface area contributed by atoms with Crippen LogP contribution >= 0.6 is 23.2 Å². The maximum Gasteiger partial charge on any atom is 0.252 e. The van der Waals surface area contributed by atoms with Gasteiger partial charge >= 0.3 is 0 Å². The third-order valence-electron chi connectivity index (χ3n) is 3.00. The van der Waals surface area contributed by atoms with Crippen LogP contribution in [0.2, 0.25) is 10.0 Å². The smallest absolute Gasteiger partial charge is 0.252 e. The summed E-state index contributed by atoms with van der Waals surface area (Å²) in [6.07, 6.45) is 1.10. The van der Waals surface area contributed by atoms with E-state index in [4.69, 9.17) is 28.9 Å². The van der Waals surface area contributed by atoms with Gasteiger partial charge in [0.05, 0.1) is 15.6 Å². The molecule has 0 fully saturated rings. The highest BCUT2D eigenvalue weighted by atomic mass is 35.5. The summed E-state index contributed by atoms with van der Waals surface area (Å²) in [5, 5.41) is 3.36. The SMILES string of the molecule is CCCN(CC)CCNC(=O)c1cc(N)cc(Cl)c1Cl. The van der Waals surface area contributed by atoms with E-state index < -0.39 is 0 Å². The molecule has 0 aliphatic heterocycles. The van der Waals surface area contributed by atoms with Crippen LogP contribution in [-0.2, 0) is 0 Å². The van der Waals surface area contributed by atoms with Crippen LogP contribution in [0.4, 0.5) is 5.69 Å². The molecular formula is C14H21Cl2N3O. The molecule has 4 nitrogen and oxygen atoms in total. The minimum atomic E-state index is -0.253. The Morgan fingerprint density at radius 3 is 2.60 bits per heavy atom. The molecule has 1 amide bonds. The van der Waals surface area contributed by atoms with E-state index in [0.29, 0.717) is 17.8 Å². The lowest BCUT2D eigenvalue weighted by Gasteiger charge is -2.19. The highest BCUT2D eigenvalue weighted by Crippen LogP contribution is 2.28. The number of hydrogen-bond acceptors (Lipinski definition) is 3. The Hall–Kier alpha value is -0.970. The number of halogens is 2. The fraction of sp³-hybridized carbons (Fsp3) is 0.500. The van der Waals surface area contributed by atoms with Gasteiger partial charge in [-0.2, -0.15) is 0 Å². The summed E-state index contributed by atoms with van der Waals surface area (Å²) < 4.78 is 0. The molecule has 1 aromatic carbocycles. The molecule has 6 heteroatoms. The van der Waals surface area contributed by atoms with E-state index in [1.807, 2.05) is 0 Å². The summed E-state index contributed by atoms with van der Waals surface area (Å²) >= 11 is 11.9. The zero-order valence-electron chi connectivity index (χ0n) is 11.9. The Kier molecular flexibility index (Phi) is 7.13. The van der Waals surface area contributed by atoms with Crippen LogP contribution in [0.1, 0.15) is 30.6 Å². The number of amides is 1. The second-order valence-corrected chi connectivity index (χ2v) is 5.34. The summed E-state index contributed by atoms with van der Waals surface area (Å²) in [5.74, 6) is -0.253. The number of nitrogens with zero attached hydrogens (tertiary/aromatic N) is 1. The van der Waals surface area contributed by atoms with E-state index in [9.17, 15) is 4.79 Å². The second-order valence-electron chi connectivity index (χ2n) is 4.55. The Morgan fingerprint density at radius 1 is 1.30 bits per heavy atom. The van der Waals surface area contributed by atoms with Gasteiger partial charge in [0.15, 0.2) is 0 Å². The zero-order valence-corrected chi connectivity index (χ0v) is 13.4. The van der Waals surface area contributed by atoms with Crippen molar-refractivity contribution in [1.29, 1.82) is 0 Å². The monoisotopic (exact) mass is 317 g/mol. The fourth-order valence-electron chi connectivity index (χ4n) is 1.94. The number of nitrogens with one attached hydrogen (secondary N) is 1. The predicted molar refractivity (Wildman–Crippen MR) is 85.6 cm³/mol. The number of anilines is 1. The van der Waals surface area contributed by atoms with Crippen molar-refractivity contribution in [1.82, 2.24) is 10.2 Å². The maximum atomic E-state index is 12.1. The Labute approximate surface area is 130 Å². The van der Waals surface area contributed by atoms with Gasteiger partial charge in [-0.3, -0.25) is 4.79 Å². The number of carbonyl (C=O) groups is 1. The van der Waals surface area contributed by atoms with Gasteiger partial charge in [-0.1, -0.05) is 37.0 Å². The van der Waals surface area contributed by atoms with Crippen molar-refractivity contribution in [2.75, 3.05) is 31.9 Å². The fourth-order valence-corrected chi connectivity index (χ4v) is 2.37. The highest BCUT2D eigenvalue weighted by molar-refractivity contribution is 6.44. The summed E-state index contributed by atoms with van der Waals surface area (Å²) in [7, 11) is 0. The zero-order chi connectivity index (χ0) is 15.1.